The fourth-order valence-electron chi connectivity index (χ4n) is 2.54. The molecule has 5 heteroatoms. The van der Waals surface area contributed by atoms with E-state index in [1.54, 1.807) is 6.07 Å². The van der Waals surface area contributed by atoms with Gasteiger partial charge in [-0.05, 0) is 37.0 Å². The average Bonchev–Trinajstić information content (AvgIpc) is 2.38. The Labute approximate surface area is 117 Å². The van der Waals surface area contributed by atoms with Crippen molar-refractivity contribution in [3.8, 4) is 6.07 Å². The number of hydrogen-bond donors (Lipinski definition) is 1. The molecule has 4 nitrogen and oxygen atoms in total. The van der Waals surface area contributed by atoms with Crippen LogP contribution < -0.4 is 10.6 Å². The van der Waals surface area contributed by atoms with Gasteiger partial charge in [0, 0.05) is 25.2 Å². The number of nitrogens with two attached hydrogens (primary N) is 1. The summed E-state index contributed by atoms with van der Waals surface area (Å²) in [7, 11) is 0. The first-order chi connectivity index (χ1) is 9.10. The number of carbonyl (C=O) groups excluding carboxylic acids is 1. The van der Waals surface area contributed by atoms with Crippen molar-refractivity contribution in [2.24, 2.45) is 11.7 Å². The normalized spacial score (nSPS) is 18.9. The van der Waals surface area contributed by atoms with Crippen LogP contribution >= 0.6 is 11.6 Å². The molecule has 0 bridgehead atoms. The van der Waals surface area contributed by atoms with Gasteiger partial charge in [-0.3, -0.25) is 4.79 Å². The quantitative estimate of drug-likeness (QED) is 0.922. The summed E-state index contributed by atoms with van der Waals surface area (Å²) >= 11 is 6.05. The molecule has 1 fully saturated rings. The highest BCUT2D eigenvalue weighted by Crippen LogP contribution is 2.28. The molecule has 2 N–H and O–H groups in total. The van der Waals surface area contributed by atoms with Crippen LogP contribution in [0.15, 0.2) is 18.2 Å². The summed E-state index contributed by atoms with van der Waals surface area (Å²) in [4.78, 5) is 13.2. The van der Waals surface area contributed by atoms with E-state index in [-0.39, 0.29) is 5.91 Å². The molecule has 1 aromatic carbocycles. The molecule has 1 aliphatic rings. The Morgan fingerprint density at radius 1 is 1.58 bits per heavy atom. The van der Waals surface area contributed by atoms with Crippen LogP contribution in [-0.2, 0) is 4.79 Å². The van der Waals surface area contributed by atoms with Crippen LogP contribution in [-0.4, -0.2) is 19.0 Å². The van der Waals surface area contributed by atoms with E-state index in [2.05, 4.69) is 4.90 Å². The molecule has 0 aromatic heterocycles. The summed E-state index contributed by atoms with van der Waals surface area (Å²) in [6.07, 6.45) is 2.50. The summed E-state index contributed by atoms with van der Waals surface area (Å²) < 4.78 is 0. The summed E-state index contributed by atoms with van der Waals surface area (Å²) in [5, 5.41) is 9.33. The molecule has 1 heterocycles. The van der Waals surface area contributed by atoms with Crippen molar-refractivity contribution in [1.82, 2.24) is 0 Å². The third-order valence-electron chi connectivity index (χ3n) is 3.45. The summed E-state index contributed by atoms with van der Waals surface area (Å²) in [6.45, 7) is 1.75. The van der Waals surface area contributed by atoms with Crippen LogP contribution in [0.4, 0.5) is 5.69 Å². The van der Waals surface area contributed by atoms with Crippen LogP contribution in [0.5, 0.6) is 0 Å². The maximum absolute atomic E-state index is 11.0. The first-order valence-corrected chi connectivity index (χ1v) is 6.71. The Balaban J connectivity index is 2.11. The second-order valence-electron chi connectivity index (χ2n) is 4.90. The lowest BCUT2D eigenvalue weighted by atomic mass is 9.94. The largest absolute Gasteiger partial charge is 0.371 e. The van der Waals surface area contributed by atoms with Gasteiger partial charge in [0.25, 0.3) is 0 Å². The van der Waals surface area contributed by atoms with Crippen molar-refractivity contribution in [2.75, 3.05) is 18.0 Å². The maximum Gasteiger partial charge on any atom is 0.217 e. The minimum atomic E-state index is -0.246. The van der Waals surface area contributed by atoms with E-state index in [1.807, 2.05) is 18.2 Å². The van der Waals surface area contributed by atoms with Crippen molar-refractivity contribution in [3.63, 3.8) is 0 Å². The van der Waals surface area contributed by atoms with Crippen LogP contribution in [0.1, 0.15) is 24.8 Å². The number of nitriles is 1. The number of amides is 1. The number of rotatable bonds is 3. The molecule has 1 aromatic rings. The Morgan fingerprint density at radius 2 is 2.37 bits per heavy atom. The molecule has 0 saturated carbocycles. The molecule has 1 unspecified atom stereocenters. The molecule has 2 rings (SSSR count). The molecular weight excluding hydrogens is 262 g/mol. The number of primary amides is 1. The van der Waals surface area contributed by atoms with Gasteiger partial charge in [-0.25, -0.2) is 0 Å². The second-order valence-corrected chi connectivity index (χ2v) is 5.31. The van der Waals surface area contributed by atoms with E-state index >= 15 is 0 Å². The van der Waals surface area contributed by atoms with Crippen molar-refractivity contribution in [1.29, 1.82) is 5.26 Å². The average molecular weight is 278 g/mol. The lowest BCUT2D eigenvalue weighted by Crippen LogP contribution is -2.37. The predicted molar refractivity (Wildman–Crippen MR) is 74.9 cm³/mol. The van der Waals surface area contributed by atoms with Gasteiger partial charge in [0.05, 0.1) is 10.6 Å². The number of anilines is 1. The number of hydrogen-bond acceptors (Lipinski definition) is 3. The highest BCUT2D eigenvalue weighted by Gasteiger charge is 2.22. The molecule has 0 aliphatic carbocycles. The van der Waals surface area contributed by atoms with Gasteiger partial charge < -0.3 is 10.6 Å². The fourth-order valence-corrected chi connectivity index (χ4v) is 2.76. The third-order valence-corrected chi connectivity index (χ3v) is 3.76. The predicted octanol–water partition coefficient (Wildman–Crippen LogP) is 2.30. The highest BCUT2D eigenvalue weighted by atomic mass is 35.5. The zero-order valence-corrected chi connectivity index (χ0v) is 11.4. The molecule has 1 atom stereocenters. The molecular formula is C14H16ClN3O. The van der Waals surface area contributed by atoms with Gasteiger partial charge in [-0.2, -0.15) is 5.26 Å². The van der Waals surface area contributed by atoms with E-state index in [1.165, 1.54) is 0 Å². The van der Waals surface area contributed by atoms with Crippen molar-refractivity contribution < 1.29 is 4.79 Å². The number of carbonyl (C=O) groups is 1. The fraction of sp³-hybridized carbons (Fsp3) is 0.429. The summed E-state index contributed by atoms with van der Waals surface area (Å²) in [5.41, 5.74) is 6.74. The van der Waals surface area contributed by atoms with Gasteiger partial charge in [-0.15, -0.1) is 0 Å². The van der Waals surface area contributed by atoms with Crippen LogP contribution in [0.3, 0.4) is 0 Å². The Hall–Kier alpha value is -1.73. The minimum absolute atomic E-state index is 0.246. The Bertz CT molecular complexity index is 524. The van der Waals surface area contributed by atoms with Gasteiger partial charge in [0.1, 0.15) is 6.07 Å². The van der Waals surface area contributed by atoms with Crippen LogP contribution in [0.25, 0.3) is 0 Å². The molecule has 1 saturated heterocycles. The van der Waals surface area contributed by atoms with Crippen LogP contribution in [0, 0.1) is 17.2 Å². The lowest BCUT2D eigenvalue weighted by Gasteiger charge is -2.34. The second kappa shape index (κ2) is 5.94. The molecule has 0 spiro atoms. The minimum Gasteiger partial charge on any atom is -0.371 e. The van der Waals surface area contributed by atoms with Crippen molar-refractivity contribution in [2.45, 2.75) is 19.3 Å². The number of piperidine rings is 1. The van der Waals surface area contributed by atoms with Gasteiger partial charge in [-0.1, -0.05) is 11.6 Å². The van der Waals surface area contributed by atoms with Crippen molar-refractivity contribution in [3.05, 3.63) is 28.8 Å². The number of benzene rings is 1. The number of halogens is 1. The molecule has 1 aliphatic heterocycles. The standard InChI is InChI=1S/C14H16ClN3O/c15-13-7-12(4-3-11(13)8-16)18-5-1-2-10(9-18)6-14(17)19/h3-4,7,10H,1-2,5-6,9H2,(H2,17,19). The molecule has 1 amide bonds. The van der Waals surface area contributed by atoms with E-state index in [0.717, 1.165) is 31.6 Å². The first-order valence-electron chi connectivity index (χ1n) is 6.33. The zero-order chi connectivity index (χ0) is 13.8. The van der Waals surface area contributed by atoms with Gasteiger partial charge in [0.15, 0.2) is 0 Å². The molecule has 19 heavy (non-hydrogen) atoms. The summed E-state index contributed by atoms with van der Waals surface area (Å²) in [5.74, 6) is 0.0605. The van der Waals surface area contributed by atoms with Gasteiger partial charge >= 0.3 is 0 Å². The third kappa shape index (κ3) is 3.39. The topological polar surface area (TPSA) is 70.1 Å². The van der Waals surface area contributed by atoms with E-state index < -0.39 is 0 Å². The smallest absolute Gasteiger partial charge is 0.217 e. The van der Waals surface area contributed by atoms with Crippen LogP contribution in [0.2, 0.25) is 5.02 Å². The SMILES string of the molecule is N#Cc1ccc(N2CCCC(CC(N)=O)C2)cc1Cl. The molecule has 100 valence electrons. The zero-order valence-electron chi connectivity index (χ0n) is 10.6. The van der Waals surface area contributed by atoms with E-state index in [0.29, 0.717) is 22.9 Å². The number of nitrogens with zero attached hydrogens (tertiary/aromatic N) is 2. The first kappa shape index (κ1) is 13.7. The monoisotopic (exact) mass is 277 g/mol. The van der Waals surface area contributed by atoms with E-state index in [9.17, 15) is 4.79 Å². The highest BCUT2D eigenvalue weighted by molar-refractivity contribution is 6.32. The molecule has 0 radical (unpaired) electrons. The van der Waals surface area contributed by atoms with Crippen molar-refractivity contribution >= 4 is 23.2 Å². The lowest BCUT2D eigenvalue weighted by molar-refractivity contribution is -0.118. The maximum atomic E-state index is 11.0. The van der Waals surface area contributed by atoms with E-state index in [4.69, 9.17) is 22.6 Å². The Morgan fingerprint density at radius 3 is 3.00 bits per heavy atom. The Kier molecular flexibility index (Phi) is 4.28. The van der Waals surface area contributed by atoms with Gasteiger partial charge in [0.2, 0.25) is 5.91 Å². The summed E-state index contributed by atoms with van der Waals surface area (Å²) in [6, 6.07) is 7.49.